The number of H-pyrrole nitrogens is 1. The van der Waals surface area contributed by atoms with Crippen LogP contribution in [0.1, 0.15) is 57.3 Å². The monoisotopic (exact) mass is 235 g/mol. The number of nitrogens with zero attached hydrogens (tertiary/aromatic N) is 1. The molecule has 0 aliphatic heterocycles. The first-order valence-corrected chi connectivity index (χ1v) is 6.57. The molecule has 1 fully saturated rings. The van der Waals surface area contributed by atoms with Crippen LogP contribution in [0.5, 0.6) is 0 Å². The van der Waals surface area contributed by atoms with E-state index in [1.54, 1.807) is 12.4 Å². The van der Waals surface area contributed by atoms with Gasteiger partial charge in [0, 0.05) is 18.3 Å². The fourth-order valence-electron chi connectivity index (χ4n) is 2.46. The van der Waals surface area contributed by atoms with Crippen molar-refractivity contribution in [3.8, 4) is 0 Å². The van der Waals surface area contributed by atoms with E-state index in [9.17, 15) is 4.79 Å². The van der Waals surface area contributed by atoms with Gasteiger partial charge in [-0.05, 0) is 19.8 Å². The van der Waals surface area contributed by atoms with E-state index in [1.807, 2.05) is 6.92 Å². The summed E-state index contributed by atoms with van der Waals surface area (Å²) in [6.45, 7) is 1.97. The summed E-state index contributed by atoms with van der Waals surface area (Å²) in [7, 11) is 0. The molecule has 1 atom stereocenters. The average Bonchev–Trinajstić information content (AvgIpc) is 2.71. The van der Waals surface area contributed by atoms with Gasteiger partial charge in [0.2, 0.25) is 5.91 Å². The molecule has 1 saturated carbocycles. The Bertz CT molecular complexity index is 340. The van der Waals surface area contributed by atoms with Crippen LogP contribution >= 0.6 is 0 Å². The molecule has 2 N–H and O–H groups in total. The van der Waals surface area contributed by atoms with Gasteiger partial charge >= 0.3 is 0 Å². The second-order valence-electron chi connectivity index (χ2n) is 4.89. The van der Waals surface area contributed by atoms with E-state index in [0.717, 1.165) is 18.7 Å². The van der Waals surface area contributed by atoms with Crippen molar-refractivity contribution in [1.29, 1.82) is 0 Å². The van der Waals surface area contributed by atoms with Crippen LogP contribution in [0.4, 0.5) is 0 Å². The van der Waals surface area contributed by atoms with Crippen molar-refractivity contribution in [2.45, 2.75) is 51.5 Å². The van der Waals surface area contributed by atoms with E-state index in [1.165, 1.54) is 25.7 Å². The maximum absolute atomic E-state index is 12.1. The number of nitrogens with one attached hydrogen (secondary N) is 2. The van der Waals surface area contributed by atoms with Crippen molar-refractivity contribution in [2.75, 3.05) is 0 Å². The number of hydrogen-bond acceptors (Lipinski definition) is 2. The van der Waals surface area contributed by atoms with Crippen LogP contribution in [-0.4, -0.2) is 15.9 Å². The molecule has 4 nitrogen and oxygen atoms in total. The zero-order valence-electron chi connectivity index (χ0n) is 10.4. The van der Waals surface area contributed by atoms with Gasteiger partial charge in [0.25, 0.3) is 0 Å². The number of carbonyl (C=O) groups is 1. The molecule has 4 heteroatoms. The van der Waals surface area contributed by atoms with E-state index < -0.39 is 0 Å². The molecule has 1 unspecified atom stereocenters. The third-order valence-electron chi connectivity index (χ3n) is 3.51. The first-order chi connectivity index (χ1) is 8.27. The van der Waals surface area contributed by atoms with Crippen LogP contribution in [0.3, 0.4) is 0 Å². The summed E-state index contributed by atoms with van der Waals surface area (Å²) in [5.41, 5.74) is 0. The highest BCUT2D eigenvalue weighted by molar-refractivity contribution is 5.78. The van der Waals surface area contributed by atoms with E-state index in [2.05, 4.69) is 15.3 Å². The predicted molar refractivity (Wildman–Crippen MR) is 66.3 cm³/mol. The third kappa shape index (κ3) is 3.32. The van der Waals surface area contributed by atoms with Crippen molar-refractivity contribution in [2.24, 2.45) is 5.92 Å². The summed E-state index contributed by atoms with van der Waals surface area (Å²) in [4.78, 5) is 19.3. The summed E-state index contributed by atoms with van der Waals surface area (Å²) in [5.74, 6) is 1.22. The number of aromatic nitrogens is 2. The molecule has 1 aliphatic rings. The summed E-state index contributed by atoms with van der Waals surface area (Å²) < 4.78 is 0. The number of hydrogen-bond donors (Lipinski definition) is 2. The smallest absolute Gasteiger partial charge is 0.223 e. The Hall–Kier alpha value is -1.32. The first-order valence-electron chi connectivity index (χ1n) is 6.57. The lowest BCUT2D eigenvalue weighted by Gasteiger charge is -2.17. The lowest BCUT2D eigenvalue weighted by molar-refractivity contribution is -0.126. The van der Waals surface area contributed by atoms with Crippen molar-refractivity contribution in [3.63, 3.8) is 0 Å². The minimum Gasteiger partial charge on any atom is -0.347 e. The molecule has 2 rings (SSSR count). The number of amides is 1. The Morgan fingerprint density at radius 2 is 2.12 bits per heavy atom. The molecule has 1 aromatic heterocycles. The molecule has 1 aliphatic carbocycles. The van der Waals surface area contributed by atoms with Gasteiger partial charge in [0.1, 0.15) is 5.82 Å². The fraction of sp³-hybridized carbons (Fsp3) is 0.692. The minimum absolute atomic E-state index is 0.0271. The van der Waals surface area contributed by atoms with Gasteiger partial charge in [-0.25, -0.2) is 4.98 Å². The van der Waals surface area contributed by atoms with Crippen LogP contribution in [0.25, 0.3) is 0 Å². The minimum atomic E-state index is -0.0271. The predicted octanol–water partition coefficient (Wildman–Crippen LogP) is 2.56. The molecule has 0 spiro atoms. The quantitative estimate of drug-likeness (QED) is 0.791. The van der Waals surface area contributed by atoms with Crippen LogP contribution < -0.4 is 5.32 Å². The summed E-state index contributed by atoms with van der Waals surface area (Å²) in [6.07, 6.45) is 10.5. The van der Waals surface area contributed by atoms with Crippen LogP contribution in [0, 0.1) is 5.92 Å². The second kappa shape index (κ2) is 5.84. The zero-order chi connectivity index (χ0) is 12.1. The fourth-order valence-corrected chi connectivity index (χ4v) is 2.46. The number of carbonyl (C=O) groups excluding carboxylic acids is 1. The molecule has 0 radical (unpaired) electrons. The Balaban J connectivity index is 1.87. The van der Waals surface area contributed by atoms with Gasteiger partial charge in [0.05, 0.1) is 6.04 Å². The van der Waals surface area contributed by atoms with Crippen molar-refractivity contribution in [3.05, 3.63) is 18.2 Å². The van der Waals surface area contributed by atoms with Crippen molar-refractivity contribution in [1.82, 2.24) is 15.3 Å². The van der Waals surface area contributed by atoms with Gasteiger partial charge in [-0.3, -0.25) is 4.79 Å². The third-order valence-corrected chi connectivity index (χ3v) is 3.51. The second-order valence-corrected chi connectivity index (χ2v) is 4.89. The molecule has 17 heavy (non-hydrogen) atoms. The van der Waals surface area contributed by atoms with E-state index >= 15 is 0 Å². The van der Waals surface area contributed by atoms with Crippen LogP contribution in [0.15, 0.2) is 12.4 Å². The molecule has 0 bridgehead atoms. The Labute approximate surface area is 102 Å². The van der Waals surface area contributed by atoms with Gasteiger partial charge in [-0.2, -0.15) is 0 Å². The van der Waals surface area contributed by atoms with E-state index in [-0.39, 0.29) is 17.9 Å². The highest BCUT2D eigenvalue weighted by Gasteiger charge is 2.22. The normalized spacial score (nSPS) is 19.6. The highest BCUT2D eigenvalue weighted by atomic mass is 16.1. The molecule has 1 heterocycles. The van der Waals surface area contributed by atoms with Crippen LogP contribution in [-0.2, 0) is 4.79 Å². The van der Waals surface area contributed by atoms with Gasteiger partial charge < -0.3 is 10.3 Å². The Morgan fingerprint density at radius 3 is 2.71 bits per heavy atom. The van der Waals surface area contributed by atoms with E-state index in [0.29, 0.717) is 0 Å². The number of aromatic amines is 1. The lowest BCUT2D eigenvalue weighted by atomic mass is 9.99. The summed E-state index contributed by atoms with van der Waals surface area (Å²) >= 11 is 0. The molecule has 1 aromatic rings. The van der Waals surface area contributed by atoms with E-state index in [4.69, 9.17) is 0 Å². The molecular weight excluding hydrogens is 214 g/mol. The topological polar surface area (TPSA) is 57.8 Å². The van der Waals surface area contributed by atoms with Crippen LogP contribution in [0.2, 0.25) is 0 Å². The SMILES string of the molecule is CC(NC(=O)C1CCCCCC1)c1ncc[nH]1. The maximum Gasteiger partial charge on any atom is 0.223 e. The van der Waals surface area contributed by atoms with Crippen molar-refractivity contribution >= 4 is 5.91 Å². The Kier molecular flexibility index (Phi) is 4.18. The number of imidazole rings is 1. The molecule has 0 saturated heterocycles. The standard InChI is InChI=1S/C13H21N3O/c1-10(12-14-8-9-15-12)16-13(17)11-6-4-2-3-5-7-11/h8-11H,2-7H2,1H3,(H,14,15)(H,16,17). The summed E-state index contributed by atoms with van der Waals surface area (Å²) in [6, 6.07) is -0.0271. The van der Waals surface area contributed by atoms with Gasteiger partial charge in [-0.1, -0.05) is 25.7 Å². The number of rotatable bonds is 3. The molecule has 0 aromatic carbocycles. The first kappa shape index (κ1) is 12.1. The average molecular weight is 235 g/mol. The van der Waals surface area contributed by atoms with Gasteiger partial charge in [-0.15, -0.1) is 0 Å². The highest BCUT2D eigenvalue weighted by Crippen LogP contribution is 2.23. The molecule has 94 valence electrons. The maximum atomic E-state index is 12.1. The zero-order valence-corrected chi connectivity index (χ0v) is 10.4. The lowest BCUT2D eigenvalue weighted by Crippen LogP contribution is -2.33. The largest absolute Gasteiger partial charge is 0.347 e. The van der Waals surface area contributed by atoms with Crippen molar-refractivity contribution < 1.29 is 4.79 Å². The Morgan fingerprint density at radius 1 is 1.41 bits per heavy atom. The van der Waals surface area contributed by atoms with Gasteiger partial charge in [0.15, 0.2) is 0 Å². The summed E-state index contributed by atoms with van der Waals surface area (Å²) in [5, 5.41) is 3.05. The molecular formula is C13H21N3O. The molecule has 1 amide bonds.